The minimum Gasteiger partial charge on any atom is -0.455 e. The molecule has 0 aliphatic heterocycles. The minimum absolute atomic E-state index is 0.0702. The smallest absolute Gasteiger partial charge is 0.160 e. The van der Waals surface area contributed by atoms with Crippen LogP contribution in [0.4, 0.5) is 0 Å². The van der Waals surface area contributed by atoms with E-state index in [9.17, 15) is 0 Å². The Balaban J connectivity index is 1.17. The summed E-state index contributed by atoms with van der Waals surface area (Å²) in [6.45, 7) is 4.64. The molecule has 0 fully saturated rings. The molecule has 3 nitrogen and oxygen atoms in total. The van der Waals surface area contributed by atoms with Crippen LogP contribution >= 0.6 is 0 Å². The number of hydrogen-bond donors (Lipinski definition) is 0. The zero-order chi connectivity index (χ0) is 37.4. The molecule has 0 spiro atoms. The van der Waals surface area contributed by atoms with E-state index < -0.39 is 0 Å². The molecule has 0 bridgehead atoms. The van der Waals surface area contributed by atoms with Gasteiger partial charge in [0.1, 0.15) is 11.2 Å². The zero-order valence-corrected chi connectivity index (χ0v) is 31.1. The molecule has 0 saturated carbocycles. The highest BCUT2D eigenvalue weighted by molar-refractivity contribution is 6.21. The molecule has 10 aromatic rings. The molecule has 1 aliphatic carbocycles. The van der Waals surface area contributed by atoms with Gasteiger partial charge < -0.3 is 4.42 Å². The lowest BCUT2D eigenvalue weighted by Crippen LogP contribution is -2.14. The normalized spacial score (nSPS) is 13.0. The number of benzene rings is 8. The van der Waals surface area contributed by atoms with Gasteiger partial charge >= 0.3 is 0 Å². The van der Waals surface area contributed by atoms with Crippen molar-refractivity contribution < 1.29 is 4.42 Å². The molecule has 3 heteroatoms. The van der Waals surface area contributed by atoms with Crippen molar-refractivity contribution in [1.82, 2.24) is 9.97 Å². The Morgan fingerprint density at radius 3 is 1.86 bits per heavy atom. The van der Waals surface area contributed by atoms with Crippen LogP contribution in [0.15, 0.2) is 186 Å². The van der Waals surface area contributed by atoms with Gasteiger partial charge in [0, 0.05) is 38.3 Å². The van der Waals surface area contributed by atoms with E-state index in [2.05, 4.69) is 172 Å². The van der Waals surface area contributed by atoms with Crippen LogP contribution < -0.4 is 0 Å². The molecule has 0 radical (unpaired) electrons. The number of furan rings is 1. The molecule has 2 aromatic heterocycles. The molecule has 0 unspecified atom stereocenters. The van der Waals surface area contributed by atoms with Gasteiger partial charge in [-0.05, 0) is 92.4 Å². The van der Waals surface area contributed by atoms with Gasteiger partial charge in [-0.1, -0.05) is 153 Å². The Bertz CT molecular complexity index is 3160. The zero-order valence-electron chi connectivity index (χ0n) is 31.1. The van der Waals surface area contributed by atoms with Crippen LogP contribution in [0.5, 0.6) is 0 Å². The van der Waals surface area contributed by atoms with E-state index in [0.29, 0.717) is 5.82 Å². The molecule has 56 heavy (non-hydrogen) atoms. The Kier molecular flexibility index (Phi) is 7.20. The van der Waals surface area contributed by atoms with Crippen LogP contribution in [0.3, 0.4) is 0 Å². The van der Waals surface area contributed by atoms with Crippen molar-refractivity contribution in [2.45, 2.75) is 19.3 Å². The molecule has 1 aliphatic rings. The highest BCUT2D eigenvalue weighted by Gasteiger charge is 2.35. The molecule has 8 aromatic carbocycles. The Hall–Kier alpha value is -7.10. The summed E-state index contributed by atoms with van der Waals surface area (Å²) in [7, 11) is 0. The number of para-hydroxylation sites is 1. The molecule has 0 N–H and O–H groups in total. The van der Waals surface area contributed by atoms with Gasteiger partial charge in [-0.25, -0.2) is 9.97 Å². The van der Waals surface area contributed by atoms with Crippen LogP contribution in [0.25, 0.3) is 100.0 Å². The molecule has 0 amide bonds. The van der Waals surface area contributed by atoms with Gasteiger partial charge in [0.15, 0.2) is 5.82 Å². The van der Waals surface area contributed by atoms with Crippen LogP contribution in [-0.4, -0.2) is 9.97 Å². The number of nitrogens with zero attached hydrogens (tertiary/aromatic N) is 2. The lowest BCUT2D eigenvalue weighted by molar-refractivity contribution is 0.660. The molecule has 0 saturated heterocycles. The van der Waals surface area contributed by atoms with Crippen molar-refractivity contribution in [3.63, 3.8) is 0 Å². The first kappa shape index (κ1) is 32.3. The second kappa shape index (κ2) is 12.5. The molecular formula is C53H36N2O. The number of hydrogen-bond acceptors (Lipinski definition) is 3. The lowest BCUT2D eigenvalue weighted by atomic mass is 9.82. The summed E-state index contributed by atoms with van der Waals surface area (Å²) in [5.74, 6) is 0.694. The fraction of sp³-hybridized carbons (Fsp3) is 0.0566. The molecule has 0 atom stereocenters. The van der Waals surface area contributed by atoms with Crippen molar-refractivity contribution in [1.29, 1.82) is 0 Å². The van der Waals surface area contributed by atoms with E-state index in [1.54, 1.807) is 0 Å². The van der Waals surface area contributed by atoms with Gasteiger partial charge in [0.25, 0.3) is 0 Å². The fourth-order valence-electron chi connectivity index (χ4n) is 8.85. The van der Waals surface area contributed by atoms with Gasteiger partial charge in [-0.3, -0.25) is 0 Å². The maximum absolute atomic E-state index is 6.63. The van der Waals surface area contributed by atoms with Crippen LogP contribution in [0.2, 0.25) is 0 Å². The number of fused-ring (bicyclic) bond motifs is 8. The first-order valence-corrected chi connectivity index (χ1v) is 19.2. The van der Waals surface area contributed by atoms with E-state index in [4.69, 9.17) is 14.4 Å². The summed E-state index contributed by atoms with van der Waals surface area (Å²) in [6.07, 6.45) is 0. The summed E-state index contributed by atoms with van der Waals surface area (Å²) in [4.78, 5) is 10.6. The van der Waals surface area contributed by atoms with Gasteiger partial charge in [0.05, 0.1) is 11.4 Å². The Morgan fingerprint density at radius 2 is 1.04 bits per heavy atom. The number of rotatable bonds is 5. The average molecular weight is 717 g/mol. The molecule has 264 valence electrons. The summed E-state index contributed by atoms with van der Waals surface area (Å²) >= 11 is 0. The van der Waals surface area contributed by atoms with Gasteiger partial charge in [-0.15, -0.1) is 0 Å². The number of aromatic nitrogens is 2. The first-order valence-electron chi connectivity index (χ1n) is 19.2. The van der Waals surface area contributed by atoms with Crippen molar-refractivity contribution in [2.75, 3.05) is 0 Å². The monoisotopic (exact) mass is 716 g/mol. The highest BCUT2D eigenvalue weighted by atomic mass is 16.3. The predicted octanol–water partition coefficient (Wildman–Crippen LogP) is 14.2. The SMILES string of the molecule is CC1(C)c2ccccc2-c2cc(-c3cc(-c4cc(-c5ccccc5)cc(-c5cc6ccccc6c6oc7ccccc7c56)c4)nc(-c4ccccc4)n3)ccc21. The fourth-order valence-corrected chi connectivity index (χ4v) is 8.85. The first-order chi connectivity index (χ1) is 27.5. The maximum atomic E-state index is 6.63. The Labute approximate surface area is 325 Å². The van der Waals surface area contributed by atoms with Crippen molar-refractivity contribution in [2.24, 2.45) is 0 Å². The van der Waals surface area contributed by atoms with Crippen molar-refractivity contribution in [3.05, 3.63) is 193 Å². The van der Waals surface area contributed by atoms with Crippen molar-refractivity contribution in [3.8, 4) is 67.3 Å². The van der Waals surface area contributed by atoms with E-state index in [0.717, 1.165) is 83.0 Å². The van der Waals surface area contributed by atoms with Crippen LogP contribution in [0, 0.1) is 0 Å². The minimum atomic E-state index is -0.0702. The third-order valence-corrected chi connectivity index (χ3v) is 11.7. The second-order valence-corrected chi connectivity index (χ2v) is 15.4. The summed E-state index contributed by atoms with van der Waals surface area (Å²) < 4.78 is 6.63. The van der Waals surface area contributed by atoms with Crippen LogP contribution in [0.1, 0.15) is 25.0 Å². The quantitative estimate of drug-likeness (QED) is 0.178. The largest absolute Gasteiger partial charge is 0.455 e. The summed E-state index contributed by atoms with van der Waals surface area (Å²) in [5, 5.41) is 4.46. The third kappa shape index (κ3) is 5.12. The Morgan fingerprint density at radius 1 is 0.411 bits per heavy atom. The van der Waals surface area contributed by atoms with Crippen LogP contribution in [-0.2, 0) is 5.41 Å². The maximum Gasteiger partial charge on any atom is 0.160 e. The highest BCUT2D eigenvalue weighted by Crippen LogP contribution is 2.50. The van der Waals surface area contributed by atoms with E-state index >= 15 is 0 Å². The van der Waals surface area contributed by atoms with Gasteiger partial charge in [-0.2, -0.15) is 0 Å². The summed E-state index contributed by atoms with van der Waals surface area (Å²) in [6, 6.07) is 64.8. The molecule has 11 rings (SSSR count). The van der Waals surface area contributed by atoms with E-state index in [-0.39, 0.29) is 5.41 Å². The van der Waals surface area contributed by atoms with E-state index in [1.165, 1.54) is 22.3 Å². The molecule has 2 heterocycles. The van der Waals surface area contributed by atoms with E-state index in [1.807, 2.05) is 24.3 Å². The lowest BCUT2D eigenvalue weighted by Gasteiger charge is -2.21. The standard InChI is InChI=1S/C53H36N2O/c1-53(2)45-23-13-11-21-41(45)44-31-36(25-26-46(44)53)47-32-48(55-52(54-47)34-17-7-4-8-18-34)39-28-37(33-15-5-3-6-16-33)27-38(29-39)43-30-35-19-9-10-20-40(35)51-50(43)42-22-12-14-24-49(42)56-51/h3-32H,1-2H3. The van der Waals surface area contributed by atoms with Crippen molar-refractivity contribution >= 4 is 32.7 Å². The topological polar surface area (TPSA) is 38.9 Å². The third-order valence-electron chi connectivity index (χ3n) is 11.7. The predicted molar refractivity (Wildman–Crippen MR) is 232 cm³/mol. The molecular weight excluding hydrogens is 681 g/mol. The average Bonchev–Trinajstić information content (AvgIpc) is 3.76. The van der Waals surface area contributed by atoms with Gasteiger partial charge in [0.2, 0.25) is 0 Å². The second-order valence-electron chi connectivity index (χ2n) is 15.4. The summed E-state index contributed by atoms with van der Waals surface area (Å²) in [5.41, 5.74) is 16.3.